The van der Waals surface area contributed by atoms with Crippen molar-refractivity contribution in [1.29, 1.82) is 0 Å². The fourth-order valence-electron chi connectivity index (χ4n) is 4.00. The molecule has 1 heterocycles. The van der Waals surface area contributed by atoms with Crippen LogP contribution in [0.25, 0.3) is 0 Å². The number of guanidine groups is 1. The van der Waals surface area contributed by atoms with Gasteiger partial charge in [-0.15, -0.1) is 0 Å². The lowest BCUT2D eigenvalue weighted by molar-refractivity contribution is 0.239. The molecule has 3 rings (SSSR count). The maximum absolute atomic E-state index is 5.64. The van der Waals surface area contributed by atoms with Gasteiger partial charge < -0.3 is 20.1 Å². The Bertz CT molecular complexity index is 818. The van der Waals surface area contributed by atoms with Crippen molar-refractivity contribution in [2.75, 3.05) is 47.4 Å². The number of methoxy groups -OCH3 is 2. The molecule has 0 aliphatic carbocycles. The summed E-state index contributed by atoms with van der Waals surface area (Å²) in [4.78, 5) is 6.94. The van der Waals surface area contributed by atoms with Gasteiger partial charge in [0, 0.05) is 25.7 Å². The molecular weight excluding hydrogens is 376 g/mol. The lowest BCUT2D eigenvalue weighted by Crippen LogP contribution is -2.43. The van der Waals surface area contributed by atoms with E-state index in [9.17, 15) is 0 Å². The van der Waals surface area contributed by atoms with Crippen molar-refractivity contribution in [3.05, 3.63) is 59.7 Å². The number of benzene rings is 2. The van der Waals surface area contributed by atoms with Crippen molar-refractivity contribution >= 4 is 5.96 Å². The van der Waals surface area contributed by atoms with E-state index < -0.39 is 0 Å². The molecule has 0 aromatic heterocycles. The summed E-state index contributed by atoms with van der Waals surface area (Å²) in [7, 11) is 5.25. The van der Waals surface area contributed by atoms with E-state index in [0.717, 1.165) is 50.1 Å². The Kier molecular flexibility index (Phi) is 8.39. The predicted molar refractivity (Wildman–Crippen MR) is 123 cm³/mol. The van der Waals surface area contributed by atoms with Gasteiger partial charge in [-0.3, -0.25) is 9.89 Å². The molecule has 0 radical (unpaired) electrons. The average Bonchev–Trinajstić information content (AvgIpc) is 3.33. The van der Waals surface area contributed by atoms with E-state index in [0.29, 0.717) is 0 Å². The molecule has 162 valence electrons. The van der Waals surface area contributed by atoms with Crippen LogP contribution in [0, 0.1) is 0 Å². The zero-order valence-corrected chi connectivity index (χ0v) is 18.4. The monoisotopic (exact) mass is 410 g/mol. The molecule has 1 unspecified atom stereocenters. The summed E-state index contributed by atoms with van der Waals surface area (Å²) in [6.45, 7) is 3.81. The highest BCUT2D eigenvalue weighted by Crippen LogP contribution is 2.31. The van der Waals surface area contributed by atoms with Gasteiger partial charge in [0.25, 0.3) is 0 Å². The predicted octanol–water partition coefficient (Wildman–Crippen LogP) is 3.25. The Morgan fingerprint density at radius 3 is 2.57 bits per heavy atom. The molecule has 1 fully saturated rings. The van der Waals surface area contributed by atoms with Crippen molar-refractivity contribution in [3.8, 4) is 11.5 Å². The van der Waals surface area contributed by atoms with Crippen molar-refractivity contribution in [2.24, 2.45) is 4.99 Å². The molecule has 1 saturated heterocycles. The standard InChI is InChI=1S/C24H34N4O2/c1-25-24(26-14-13-19-9-8-10-20(17-19)29-2)27-18-22(28-15-6-7-16-28)21-11-4-5-12-23(21)30-3/h4-5,8-12,17,22H,6-7,13-16,18H2,1-3H3,(H2,25,26,27). The number of para-hydroxylation sites is 1. The highest BCUT2D eigenvalue weighted by molar-refractivity contribution is 5.79. The fourth-order valence-corrected chi connectivity index (χ4v) is 4.00. The normalized spacial score (nSPS) is 15.6. The Hall–Kier alpha value is -2.73. The molecule has 0 bridgehead atoms. The molecular formula is C24H34N4O2. The van der Waals surface area contributed by atoms with E-state index in [-0.39, 0.29) is 6.04 Å². The third-order valence-electron chi connectivity index (χ3n) is 5.61. The topological polar surface area (TPSA) is 58.1 Å². The van der Waals surface area contributed by atoms with Crippen molar-refractivity contribution in [2.45, 2.75) is 25.3 Å². The largest absolute Gasteiger partial charge is 0.497 e. The highest BCUT2D eigenvalue weighted by Gasteiger charge is 2.25. The van der Waals surface area contributed by atoms with Gasteiger partial charge in [0.2, 0.25) is 0 Å². The van der Waals surface area contributed by atoms with Crippen LogP contribution in [0.5, 0.6) is 11.5 Å². The molecule has 1 atom stereocenters. The number of hydrogen-bond acceptors (Lipinski definition) is 4. The molecule has 1 aliphatic rings. The van der Waals surface area contributed by atoms with E-state index in [1.807, 2.05) is 31.3 Å². The minimum atomic E-state index is 0.251. The van der Waals surface area contributed by atoms with Crippen LogP contribution in [-0.2, 0) is 6.42 Å². The van der Waals surface area contributed by atoms with Crippen molar-refractivity contribution in [3.63, 3.8) is 0 Å². The Balaban J connectivity index is 1.59. The molecule has 2 N–H and O–H groups in total. The first-order chi connectivity index (χ1) is 14.7. The number of likely N-dealkylation sites (tertiary alicyclic amines) is 1. The number of hydrogen-bond donors (Lipinski definition) is 2. The first-order valence-corrected chi connectivity index (χ1v) is 10.7. The molecule has 6 nitrogen and oxygen atoms in total. The quantitative estimate of drug-likeness (QED) is 0.491. The van der Waals surface area contributed by atoms with Gasteiger partial charge in [0.05, 0.1) is 20.3 Å². The first kappa shape index (κ1) is 22.0. The Morgan fingerprint density at radius 1 is 1.03 bits per heavy atom. The summed E-state index contributed by atoms with van der Waals surface area (Å²) in [5.41, 5.74) is 2.46. The van der Waals surface area contributed by atoms with E-state index in [1.165, 1.54) is 24.0 Å². The van der Waals surface area contributed by atoms with E-state index in [2.05, 4.69) is 44.8 Å². The van der Waals surface area contributed by atoms with Crippen molar-refractivity contribution in [1.82, 2.24) is 15.5 Å². The SMILES string of the molecule is CN=C(NCCc1cccc(OC)c1)NCC(c1ccccc1OC)N1CCCC1. The van der Waals surface area contributed by atoms with E-state index in [1.54, 1.807) is 14.2 Å². The van der Waals surface area contributed by atoms with Crippen LogP contribution >= 0.6 is 0 Å². The van der Waals surface area contributed by atoms with Crippen LogP contribution in [0.3, 0.4) is 0 Å². The molecule has 0 amide bonds. The summed E-state index contributed by atoms with van der Waals surface area (Å²) in [5.74, 6) is 2.65. The molecule has 1 aliphatic heterocycles. The second-order valence-electron chi connectivity index (χ2n) is 7.48. The number of ether oxygens (including phenoxy) is 2. The van der Waals surface area contributed by atoms with Gasteiger partial charge in [-0.1, -0.05) is 30.3 Å². The molecule has 30 heavy (non-hydrogen) atoms. The smallest absolute Gasteiger partial charge is 0.191 e. The van der Waals surface area contributed by atoms with Gasteiger partial charge in [-0.25, -0.2) is 0 Å². The van der Waals surface area contributed by atoms with Crippen LogP contribution in [0.2, 0.25) is 0 Å². The summed E-state index contributed by atoms with van der Waals surface area (Å²) < 4.78 is 10.9. The van der Waals surface area contributed by atoms with E-state index in [4.69, 9.17) is 9.47 Å². The lowest BCUT2D eigenvalue weighted by atomic mass is 10.0. The maximum atomic E-state index is 5.64. The maximum Gasteiger partial charge on any atom is 0.191 e. The summed E-state index contributed by atoms with van der Waals surface area (Å²) >= 11 is 0. The van der Waals surface area contributed by atoms with Crippen molar-refractivity contribution < 1.29 is 9.47 Å². The first-order valence-electron chi connectivity index (χ1n) is 10.7. The second kappa shape index (κ2) is 11.5. The average molecular weight is 411 g/mol. The third-order valence-corrected chi connectivity index (χ3v) is 5.61. The Labute approximate surface area is 180 Å². The molecule has 2 aromatic rings. The lowest BCUT2D eigenvalue weighted by Gasteiger charge is -2.30. The fraction of sp³-hybridized carbons (Fsp3) is 0.458. The number of nitrogens with zero attached hydrogens (tertiary/aromatic N) is 2. The zero-order chi connectivity index (χ0) is 21.2. The summed E-state index contributed by atoms with van der Waals surface area (Å²) in [6, 6.07) is 16.7. The van der Waals surface area contributed by atoms with Crippen LogP contribution in [0.15, 0.2) is 53.5 Å². The van der Waals surface area contributed by atoms with Crippen LogP contribution in [0.1, 0.15) is 30.0 Å². The van der Waals surface area contributed by atoms with Crippen LogP contribution < -0.4 is 20.1 Å². The third kappa shape index (κ3) is 5.89. The molecule has 6 heteroatoms. The zero-order valence-electron chi connectivity index (χ0n) is 18.4. The van der Waals surface area contributed by atoms with Crippen LogP contribution in [0.4, 0.5) is 0 Å². The van der Waals surface area contributed by atoms with Gasteiger partial charge in [0.15, 0.2) is 5.96 Å². The molecule has 2 aromatic carbocycles. The van der Waals surface area contributed by atoms with E-state index >= 15 is 0 Å². The highest BCUT2D eigenvalue weighted by atomic mass is 16.5. The van der Waals surface area contributed by atoms with Crippen LogP contribution in [-0.4, -0.2) is 58.3 Å². The van der Waals surface area contributed by atoms with Gasteiger partial charge >= 0.3 is 0 Å². The minimum Gasteiger partial charge on any atom is -0.497 e. The number of aliphatic imine (C=N–C) groups is 1. The van der Waals surface area contributed by atoms with Gasteiger partial charge in [-0.2, -0.15) is 0 Å². The summed E-state index contributed by atoms with van der Waals surface area (Å²) in [5, 5.41) is 6.95. The molecule has 0 saturated carbocycles. The minimum absolute atomic E-state index is 0.251. The van der Waals surface area contributed by atoms with Gasteiger partial charge in [0.1, 0.15) is 11.5 Å². The number of rotatable bonds is 9. The summed E-state index contributed by atoms with van der Waals surface area (Å²) in [6.07, 6.45) is 3.40. The van der Waals surface area contributed by atoms with Gasteiger partial charge in [-0.05, 0) is 56.1 Å². The Morgan fingerprint density at radius 2 is 1.83 bits per heavy atom. The number of nitrogens with one attached hydrogen (secondary N) is 2. The second-order valence-corrected chi connectivity index (χ2v) is 7.48. The molecule has 0 spiro atoms.